The van der Waals surface area contributed by atoms with Crippen LogP contribution in [0.4, 0.5) is 0 Å². The second-order valence-electron chi connectivity index (χ2n) is 3.36. The van der Waals surface area contributed by atoms with Gasteiger partial charge in [0.2, 0.25) is 0 Å². The second-order valence-corrected chi connectivity index (χ2v) is 5.90. The molecule has 0 N–H and O–H groups in total. The van der Waals surface area contributed by atoms with E-state index in [0.717, 1.165) is 27.6 Å². The van der Waals surface area contributed by atoms with Gasteiger partial charge in [0.25, 0.3) is 0 Å². The van der Waals surface area contributed by atoms with Crippen LogP contribution in [0.1, 0.15) is 25.6 Å². The van der Waals surface area contributed by atoms with Crippen LogP contribution in [0.15, 0.2) is 4.34 Å². The van der Waals surface area contributed by atoms with Gasteiger partial charge in [-0.25, -0.2) is 4.98 Å². The van der Waals surface area contributed by atoms with Gasteiger partial charge < -0.3 is 0 Å². The molecule has 14 heavy (non-hydrogen) atoms. The van der Waals surface area contributed by atoms with Crippen LogP contribution < -0.4 is 0 Å². The van der Waals surface area contributed by atoms with Crippen LogP contribution in [-0.2, 0) is 0 Å². The normalized spacial score (nSPS) is 13.1. The minimum atomic E-state index is 0.772. The van der Waals surface area contributed by atoms with E-state index in [2.05, 4.69) is 28.9 Å². The largest absolute Gasteiger partial charge is 0.213 e. The zero-order chi connectivity index (χ0) is 10.4. The van der Waals surface area contributed by atoms with Gasteiger partial charge in [-0.3, -0.25) is 0 Å². The molecule has 2 nitrogen and oxygen atoms in total. The standard InChI is InChI=1S/C9H16N2S3/c1-7(3-5-12)4-6-13-9-10-8(2)11-14-9/h7,12H,3-6H2,1-2H3. The van der Waals surface area contributed by atoms with Crippen LogP contribution >= 0.6 is 35.9 Å². The van der Waals surface area contributed by atoms with Crippen LogP contribution in [-0.4, -0.2) is 20.9 Å². The summed E-state index contributed by atoms with van der Waals surface area (Å²) in [5.41, 5.74) is 0. The first-order valence-electron chi connectivity index (χ1n) is 4.76. The van der Waals surface area contributed by atoms with Gasteiger partial charge in [-0.05, 0) is 43.0 Å². The molecule has 0 spiro atoms. The van der Waals surface area contributed by atoms with Crippen molar-refractivity contribution in [2.75, 3.05) is 11.5 Å². The van der Waals surface area contributed by atoms with Gasteiger partial charge >= 0.3 is 0 Å². The van der Waals surface area contributed by atoms with Gasteiger partial charge in [0.05, 0.1) is 0 Å². The zero-order valence-electron chi connectivity index (χ0n) is 8.56. The first-order chi connectivity index (χ1) is 6.72. The highest BCUT2D eigenvalue weighted by molar-refractivity contribution is 8.00. The molecule has 0 saturated carbocycles. The molecule has 1 atom stereocenters. The minimum Gasteiger partial charge on any atom is -0.213 e. The number of hydrogen-bond donors (Lipinski definition) is 1. The molecule has 0 amide bonds. The smallest absolute Gasteiger partial charge is 0.170 e. The number of nitrogens with zero attached hydrogens (tertiary/aromatic N) is 2. The van der Waals surface area contributed by atoms with E-state index in [1.807, 2.05) is 18.7 Å². The van der Waals surface area contributed by atoms with E-state index >= 15 is 0 Å². The lowest BCUT2D eigenvalue weighted by Gasteiger charge is -2.07. The lowest BCUT2D eigenvalue weighted by atomic mass is 10.1. The third kappa shape index (κ3) is 4.66. The first kappa shape index (κ1) is 12.3. The van der Waals surface area contributed by atoms with Crippen molar-refractivity contribution < 1.29 is 0 Å². The van der Waals surface area contributed by atoms with Gasteiger partial charge in [-0.2, -0.15) is 17.0 Å². The third-order valence-electron chi connectivity index (χ3n) is 1.97. The number of thioether (sulfide) groups is 1. The van der Waals surface area contributed by atoms with Crippen molar-refractivity contribution in [1.29, 1.82) is 0 Å². The molecule has 0 aliphatic carbocycles. The van der Waals surface area contributed by atoms with Crippen LogP contribution in [0.25, 0.3) is 0 Å². The summed E-state index contributed by atoms with van der Waals surface area (Å²) < 4.78 is 5.25. The maximum atomic E-state index is 4.31. The molecule has 5 heteroatoms. The molecule has 0 saturated heterocycles. The molecule has 0 radical (unpaired) electrons. The minimum absolute atomic E-state index is 0.772. The topological polar surface area (TPSA) is 25.8 Å². The van der Waals surface area contributed by atoms with E-state index in [0.29, 0.717) is 0 Å². The summed E-state index contributed by atoms with van der Waals surface area (Å²) in [5, 5.41) is 0. The van der Waals surface area contributed by atoms with Gasteiger partial charge in [-0.15, -0.1) is 0 Å². The lowest BCUT2D eigenvalue weighted by Crippen LogP contribution is -1.97. The van der Waals surface area contributed by atoms with E-state index < -0.39 is 0 Å². The molecule has 1 heterocycles. The van der Waals surface area contributed by atoms with Crippen molar-refractivity contribution in [3.63, 3.8) is 0 Å². The van der Waals surface area contributed by atoms with Crippen molar-refractivity contribution in [2.24, 2.45) is 5.92 Å². The fourth-order valence-electron chi connectivity index (χ4n) is 1.05. The third-order valence-corrected chi connectivity index (χ3v) is 4.18. The molecule has 1 unspecified atom stereocenters. The fraction of sp³-hybridized carbons (Fsp3) is 0.778. The molecule has 0 aliphatic rings. The Morgan fingerprint density at radius 3 is 2.86 bits per heavy atom. The predicted molar refractivity (Wildman–Crippen MR) is 67.6 cm³/mol. The maximum Gasteiger partial charge on any atom is 0.170 e. The van der Waals surface area contributed by atoms with Gasteiger partial charge in [0.1, 0.15) is 5.82 Å². The SMILES string of the molecule is Cc1nsc(SCCC(C)CCS)n1. The highest BCUT2D eigenvalue weighted by atomic mass is 32.2. The first-order valence-corrected chi connectivity index (χ1v) is 7.15. The molecule has 80 valence electrons. The molecule has 1 rings (SSSR count). The van der Waals surface area contributed by atoms with Crippen LogP contribution in [0.3, 0.4) is 0 Å². The van der Waals surface area contributed by atoms with E-state index in [9.17, 15) is 0 Å². The second kappa shape index (κ2) is 6.69. The Morgan fingerprint density at radius 1 is 1.50 bits per heavy atom. The molecule has 0 aliphatic heterocycles. The van der Waals surface area contributed by atoms with E-state index in [1.54, 1.807) is 0 Å². The number of aryl methyl sites for hydroxylation is 1. The molecular formula is C9H16N2S3. The number of thiol groups is 1. The summed E-state index contributed by atoms with van der Waals surface area (Å²) in [7, 11) is 0. The van der Waals surface area contributed by atoms with Gasteiger partial charge in [-0.1, -0.05) is 18.7 Å². The van der Waals surface area contributed by atoms with Gasteiger partial charge in [0.15, 0.2) is 4.34 Å². The summed E-state index contributed by atoms with van der Waals surface area (Å²) in [6, 6.07) is 0. The summed E-state index contributed by atoms with van der Waals surface area (Å²) in [5.74, 6) is 3.79. The Hall–Kier alpha value is 0.260. The van der Waals surface area contributed by atoms with Crippen molar-refractivity contribution in [3.05, 3.63) is 5.82 Å². The average Bonchev–Trinajstić information content (AvgIpc) is 2.52. The molecule has 0 bridgehead atoms. The number of hydrogen-bond acceptors (Lipinski definition) is 5. The summed E-state index contributed by atoms with van der Waals surface area (Å²) in [6.07, 6.45) is 2.45. The van der Waals surface area contributed by atoms with Crippen molar-refractivity contribution >= 4 is 35.9 Å². The number of rotatable bonds is 6. The highest BCUT2D eigenvalue weighted by Gasteiger charge is 2.04. The predicted octanol–water partition coefficient (Wildman–Crippen LogP) is 3.28. The maximum absolute atomic E-state index is 4.31. The van der Waals surface area contributed by atoms with E-state index in [4.69, 9.17) is 0 Å². The lowest BCUT2D eigenvalue weighted by molar-refractivity contribution is 0.554. The average molecular weight is 248 g/mol. The van der Waals surface area contributed by atoms with Crippen molar-refractivity contribution in [2.45, 2.75) is 31.0 Å². The quantitative estimate of drug-likeness (QED) is 0.618. The van der Waals surface area contributed by atoms with E-state index in [1.165, 1.54) is 24.4 Å². The fourth-order valence-corrected chi connectivity index (χ4v) is 3.38. The van der Waals surface area contributed by atoms with Crippen LogP contribution in [0.5, 0.6) is 0 Å². The summed E-state index contributed by atoms with van der Waals surface area (Å²) >= 11 is 7.54. The zero-order valence-corrected chi connectivity index (χ0v) is 11.1. The molecular weight excluding hydrogens is 232 g/mol. The molecule has 0 aromatic carbocycles. The Bertz CT molecular complexity index is 262. The summed E-state index contributed by atoms with van der Waals surface area (Å²) in [4.78, 5) is 4.31. The summed E-state index contributed by atoms with van der Waals surface area (Å²) in [6.45, 7) is 4.21. The van der Waals surface area contributed by atoms with Gasteiger partial charge in [0, 0.05) is 5.75 Å². The van der Waals surface area contributed by atoms with Crippen molar-refractivity contribution in [3.8, 4) is 0 Å². The Kier molecular flexibility index (Phi) is 5.89. The Balaban J connectivity index is 2.15. The van der Waals surface area contributed by atoms with Crippen molar-refractivity contribution in [1.82, 2.24) is 9.36 Å². The van der Waals surface area contributed by atoms with Crippen LogP contribution in [0.2, 0.25) is 0 Å². The Labute approximate surface area is 99.5 Å². The Morgan fingerprint density at radius 2 is 2.29 bits per heavy atom. The van der Waals surface area contributed by atoms with Crippen LogP contribution in [0, 0.1) is 12.8 Å². The molecule has 0 fully saturated rings. The molecule has 1 aromatic rings. The monoisotopic (exact) mass is 248 g/mol. The highest BCUT2D eigenvalue weighted by Crippen LogP contribution is 2.22. The van der Waals surface area contributed by atoms with E-state index in [-0.39, 0.29) is 0 Å². The number of aromatic nitrogens is 2. The molecule has 1 aromatic heterocycles.